The van der Waals surface area contributed by atoms with Crippen molar-refractivity contribution in [3.8, 4) is 12.1 Å². The lowest BCUT2D eigenvalue weighted by molar-refractivity contribution is -0.124. The van der Waals surface area contributed by atoms with Crippen molar-refractivity contribution < 1.29 is 4.74 Å². The van der Waals surface area contributed by atoms with Crippen LogP contribution in [0.4, 0.5) is 23.1 Å². The van der Waals surface area contributed by atoms with Crippen LogP contribution in [0.2, 0.25) is 5.02 Å². The highest BCUT2D eigenvalue weighted by atomic mass is 35.5. The van der Waals surface area contributed by atoms with Crippen molar-refractivity contribution in [1.29, 1.82) is 10.5 Å². The Morgan fingerprint density at radius 2 is 1.94 bits per heavy atom. The molecule has 34 heavy (non-hydrogen) atoms. The number of fused-ring (bicyclic) bond motifs is 1. The van der Waals surface area contributed by atoms with Gasteiger partial charge in [-0.25, -0.2) is 4.98 Å². The van der Waals surface area contributed by atoms with Crippen LogP contribution in [-0.4, -0.2) is 51.9 Å². The van der Waals surface area contributed by atoms with E-state index in [1.165, 1.54) is 10.7 Å². The van der Waals surface area contributed by atoms with E-state index in [0.717, 1.165) is 57.7 Å². The van der Waals surface area contributed by atoms with Crippen LogP contribution in [0.1, 0.15) is 36.9 Å². The Kier molecular flexibility index (Phi) is 4.94. The normalized spacial score (nSPS) is 18.9. The first kappa shape index (κ1) is 21.0. The molecule has 1 saturated carbocycles. The van der Waals surface area contributed by atoms with E-state index in [1.54, 1.807) is 6.07 Å². The maximum Gasteiger partial charge on any atom is 0.247 e. The van der Waals surface area contributed by atoms with E-state index < -0.39 is 0 Å². The van der Waals surface area contributed by atoms with Crippen LogP contribution in [0.3, 0.4) is 0 Å². The smallest absolute Gasteiger partial charge is 0.247 e. The van der Waals surface area contributed by atoms with Gasteiger partial charge in [-0.2, -0.15) is 20.0 Å². The van der Waals surface area contributed by atoms with Crippen molar-refractivity contribution in [3.05, 3.63) is 34.6 Å². The Bertz CT molecular complexity index is 1350. The summed E-state index contributed by atoms with van der Waals surface area (Å²) < 4.78 is 6.90. The van der Waals surface area contributed by atoms with Gasteiger partial charge in [-0.3, -0.25) is 0 Å². The summed E-state index contributed by atoms with van der Waals surface area (Å²) in [6.07, 6.45) is 5.68. The number of rotatable bonds is 5. The van der Waals surface area contributed by atoms with Crippen molar-refractivity contribution >= 4 is 40.4 Å². The second-order valence-corrected chi connectivity index (χ2v) is 9.64. The average Bonchev–Trinajstić information content (AvgIpc) is 3.55. The SMILES string of the molecule is N#Cc1cc(Nc2nc(NC3CC3)c3ncc(C#N)n3n2)c(Cl)c(N2CCC3(CC2)COC3)c1. The van der Waals surface area contributed by atoms with Crippen LogP contribution in [0.25, 0.3) is 5.65 Å². The molecule has 3 fully saturated rings. The maximum atomic E-state index is 9.66. The molecule has 172 valence electrons. The first-order valence-corrected chi connectivity index (χ1v) is 11.7. The average molecular weight is 476 g/mol. The number of nitrogens with zero attached hydrogens (tertiary/aromatic N) is 7. The lowest BCUT2D eigenvalue weighted by Gasteiger charge is -2.48. The van der Waals surface area contributed by atoms with Gasteiger partial charge in [-0.15, -0.1) is 5.10 Å². The maximum absolute atomic E-state index is 9.66. The summed E-state index contributed by atoms with van der Waals surface area (Å²) in [5, 5.41) is 30.6. The summed E-state index contributed by atoms with van der Waals surface area (Å²) in [7, 11) is 0. The lowest BCUT2D eigenvalue weighted by atomic mass is 9.77. The van der Waals surface area contributed by atoms with Gasteiger partial charge in [0, 0.05) is 24.5 Å². The van der Waals surface area contributed by atoms with Gasteiger partial charge in [0.05, 0.1) is 47.4 Å². The molecule has 0 atom stereocenters. The minimum Gasteiger partial charge on any atom is -0.380 e. The molecular formula is C23H22ClN9O. The Balaban J connectivity index is 1.34. The third-order valence-electron chi connectivity index (χ3n) is 6.81. The third kappa shape index (κ3) is 3.65. The fourth-order valence-corrected chi connectivity index (χ4v) is 4.82. The van der Waals surface area contributed by atoms with E-state index in [2.05, 4.69) is 42.7 Å². The van der Waals surface area contributed by atoms with E-state index in [1.807, 2.05) is 6.07 Å². The van der Waals surface area contributed by atoms with Crippen LogP contribution in [0.5, 0.6) is 0 Å². The second kappa shape index (κ2) is 8.01. The summed E-state index contributed by atoms with van der Waals surface area (Å²) in [4.78, 5) is 11.1. The number of halogens is 1. The molecule has 1 aliphatic carbocycles. The summed E-state index contributed by atoms with van der Waals surface area (Å²) in [6, 6.07) is 8.20. The van der Waals surface area contributed by atoms with E-state index in [9.17, 15) is 10.5 Å². The molecule has 3 aromatic rings. The van der Waals surface area contributed by atoms with Crippen LogP contribution in [0, 0.1) is 28.1 Å². The number of benzene rings is 1. The highest BCUT2D eigenvalue weighted by molar-refractivity contribution is 6.36. The lowest BCUT2D eigenvalue weighted by Crippen LogP contribution is -2.51. The number of hydrogen-bond donors (Lipinski definition) is 2. The highest BCUT2D eigenvalue weighted by Crippen LogP contribution is 2.42. The fourth-order valence-electron chi connectivity index (χ4n) is 4.55. The quantitative estimate of drug-likeness (QED) is 0.570. The summed E-state index contributed by atoms with van der Waals surface area (Å²) in [5.41, 5.74) is 2.95. The zero-order chi connectivity index (χ0) is 23.3. The number of aromatic nitrogens is 4. The van der Waals surface area contributed by atoms with Gasteiger partial charge in [0.25, 0.3) is 0 Å². The molecule has 2 aliphatic heterocycles. The van der Waals surface area contributed by atoms with Gasteiger partial charge < -0.3 is 20.3 Å². The number of anilines is 4. The van der Waals surface area contributed by atoms with Crippen LogP contribution >= 0.6 is 11.6 Å². The molecule has 4 heterocycles. The molecule has 6 rings (SSSR count). The number of hydrogen-bond acceptors (Lipinski definition) is 9. The second-order valence-electron chi connectivity index (χ2n) is 9.27. The number of ether oxygens (including phenoxy) is 1. The molecule has 0 unspecified atom stereocenters. The van der Waals surface area contributed by atoms with Crippen molar-refractivity contribution in [3.63, 3.8) is 0 Å². The Hall–Kier alpha value is -3.60. The van der Waals surface area contributed by atoms with E-state index in [0.29, 0.717) is 44.9 Å². The molecule has 11 heteroatoms. The van der Waals surface area contributed by atoms with Crippen molar-refractivity contribution in [1.82, 2.24) is 19.6 Å². The van der Waals surface area contributed by atoms with Crippen molar-refractivity contribution in [2.45, 2.75) is 31.7 Å². The molecule has 2 aromatic heterocycles. The zero-order valence-corrected chi connectivity index (χ0v) is 19.1. The first-order chi connectivity index (χ1) is 16.6. The largest absolute Gasteiger partial charge is 0.380 e. The minimum absolute atomic E-state index is 0.261. The zero-order valence-electron chi connectivity index (χ0n) is 18.4. The number of piperidine rings is 1. The molecular weight excluding hydrogens is 454 g/mol. The van der Waals surface area contributed by atoms with Crippen LogP contribution in [-0.2, 0) is 4.74 Å². The number of imidazole rings is 1. The molecule has 1 spiro atoms. The Labute approximate surface area is 201 Å². The fraction of sp³-hybridized carbons (Fsp3) is 0.435. The molecule has 2 saturated heterocycles. The van der Waals surface area contributed by atoms with E-state index >= 15 is 0 Å². The third-order valence-corrected chi connectivity index (χ3v) is 7.20. The number of nitrogens with one attached hydrogen (secondary N) is 2. The summed E-state index contributed by atoms with van der Waals surface area (Å²) in [6.45, 7) is 3.37. The van der Waals surface area contributed by atoms with Gasteiger partial charge in [-0.1, -0.05) is 11.6 Å². The van der Waals surface area contributed by atoms with Gasteiger partial charge in [0.1, 0.15) is 6.07 Å². The molecule has 0 amide bonds. The molecule has 3 aliphatic rings. The molecule has 1 aromatic carbocycles. The van der Waals surface area contributed by atoms with Crippen LogP contribution < -0.4 is 15.5 Å². The molecule has 2 N–H and O–H groups in total. The van der Waals surface area contributed by atoms with E-state index in [-0.39, 0.29) is 5.95 Å². The molecule has 10 nitrogen and oxygen atoms in total. The number of nitriles is 2. The molecule has 0 radical (unpaired) electrons. The minimum atomic E-state index is 0.261. The predicted molar refractivity (Wildman–Crippen MR) is 126 cm³/mol. The van der Waals surface area contributed by atoms with Crippen molar-refractivity contribution in [2.75, 3.05) is 41.8 Å². The van der Waals surface area contributed by atoms with Gasteiger partial charge in [-0.05, 0) is 37.8 Å². The highest BCUT2D eigenvalue weighted by Gasteiger charge is 2.41. The van der Waals surface area contributed by atoms with Gasteiger partial charge >= 0.3 is 0 Å². The standard InChI is InChI=1S/C23H22ClN9O/c24-19-17(7-14(9-25)8-18(19)32-5-3-23(4-6-32)12-34-13-23)29-22-30-20(28-15-1-2-15)21-27-11-16(10-26)33(21)31-22/h7-8,11,15H,1-6,12-13H2,(H2,28,29,30,31). The van der Waals surface area contributed by atoms with Crippen molar-refractivity contribution in [2.24, 2.45) is 5.41 Å². The monoisotopic (exact) mass is 475 g/mol. The predicted octanol–water partition coefficient (Wildman–Crippen LogP) is 3.46. The summed E-state index contributed by atoms with van der Waals surface area (Å²) in [5.74, 6) is 0.815. The summed E-state index contributed by atoms with van der Waals surface area (Å²) >= 11 is 6.85. The van der Waals surface area contributed by atoms with Crippen LogP contribution in [0.15, 0.2) is 18.3 Å². The molecule has 0 bridgehead atoms. The van der Waals surface area contributed by atoms with Gasteiger partial charge in [0.15, 0.2) is 17.2 Å². The Morgan fingerprint density at radius 1 is 1.15 bits per heavy atom. The van der Waals surface area contributed by atoms with E-state index in [4.69, 9.17) is 16.3 Å². The topological polar surface area (TPSA) is 127 Å². The Morgan fingerprint density at radius 3 is 2.59 bits per heavy atom. The first-order valence-electron chi connectivity index (χ1n) is 11.3. The van der Waals surface area contributed by atoms with Gasteiger partial charge in [0.2, 0.25) is 5.95 Å².